The van der Waals surface area contributed by atoms with Crippen molar-refractivity contribution in [1.29, 1.82) is 5.26 Å². The van der Waals surface area contributed by atoms with Gasteiger partial charge < -0.3 is 29.9 Å². The second-order valence-corrected chi connectivity index (χ2v) is 12.9. The van der Waals surface area contributed by atoms with Crippen molar-refractivity contribution >= 4 is 29.1 Å². The van der Waals surface area contributed by atoms with Crippen LogP contribution < -0.4 is 15.5 Å². The summed E-state index contributed by atoms with van der Waals surface area (Å²) in [5.74, 6) is 0.785. The highest BCUT2D eigenvalue weighted by Crippen LogP contribution is 2.28. The van der Waals surface area contributed by atoms with Gasteiger partial charge in [-0.3, -0.25) is 4.90 Å². The lowest BCUT2D eigenvalue weighted by atomic mass is 10.0. The maximum Gasteiger partial charge on any atom is 0.410 e. The average molecular weight is 630 g/mol. The fourth-order valence-corrected chi connectivity index (χ4v) is 5.82. The molecular weight excluding hydrogens is 589 g/mol. The van der Waals surface area contributed by atoms with Crippen molar-refractivity contribution in [3.63, 3.8) is 0 Å². The average Bonchev–Trinajstić information content (AvgIpc) is 3.01. The van der Waals surface area contributed by atoms with Crippen LogP contribution in [0.25, 0.3) is 11.4 Å². The van der Waals surface area contributed by atoms with Gasteiger partial charge in [0.05, 0.1) is 43.1 Å². The number of nitrogens with one attached hydrogen (secondary N) is 2. The van der Waals surface area contributed by atoms with Gasteiger partial charge in [0.2, 0.25) is 5.95 Å². The Morgan fingerprint density at radius 1 is 1.07 bits per heavy atom. The molecule has 6 rings (SSSR count). The first-order valence-corrected chi connectivity index (χ1v) is 15.7. The number of carbonyl (C=O) groups excluding carboxylic acids is 1. The normalized spacial score (nSPS) is 20.8. The van der Waals surface area contributed by atoms with Gasteiger partial charge in [0.25, 0.3) is 0 Å². The van der Waals surface area contributed by atoms with Gasteiger partial charge in [-0.25, -0.2) is 19.2 Å². The highest BCUT2D eigenvalue weighted by Gasteiger charge is 2.34. The molecule has 0 aliphatic carbocycles. The Bertz CT molecular complexity index is 1560. The number of likely N-dealkylation sites (tertiary alicyclic amines) is 1. The van der Waals surface area contributed by atoms with Gasteiger partial charge in [-0.05, 0) is 69.7 Å². The monoisotopic (exact) mass is 629 g/mol. The van der Waals surface area contributed by atoms with Crippen LogP contribution in [0.1, 0.15) is 32.8 Å². The van der Waals surface area contributed by atoms with Crippen LogP contribution in [0.15, 0.2) is 48.8 Å². The first-order chi connectivity index (χ1) is 22.1. The number of nitriles is 1. The molecule has 1 aromatic heterocycles. The number of anilines is 4. The minimum Gasteiger partial charge on any atom is -0.444 e. The number of piperazine rings is 1. The molecule has 2 aromatic carbocycles. The summed E-state index contributed by atoms with van der Waals surface area (Å²) in [6, 6.07) is 15.6. The van der Waals surface area contributed by atoms with Crippen LogP contribution in [-0.4, -0.2) is 107 Å². The summed E-state index contributed by atoms with van der Waals surface area (Å²) in [5.41, 5.74) is 2.86. The van der Waals surface area contributed by atoms with Crippen LogP contribution in [-0.2, 0) is 9.47 Å². The maximum atomic E-state index is 15.1. The molecule has 0 radical (unpaired) electrons. The summed E-state index contributed by atoms with van der Waals surface area (Å²) in [7, 11) is 0. The van der Waals surface area contributed by atoms with E-state index in [-0.39, 0.29) is 6.54 Å². The van der Waals surface area contributed by atoms with E-state index in [0.29, 0.717) is 47.6 Å². The zero-order valence-electron chi connectivity index (χ0n) is 26.4. The molecule has 4 heterocycles. The summed E-state index contributed by atoms with van der Waals surface area (Å²) in [5, 5.41) is 16.3. The summed E-state index contributed by atoms with van der Waals surface area (Å²) >= 11 is 0. The molecule has 12 nitrogen and oxygen atoms in total. The zero-order valence-corrected chi connectivity index (χ0v) is 26.4. The number of halogens is 1. The Morgan fingerprint density at radius 2 is 1.83 bits per heavy atom. The quantitative estimate of drug-likeness (QED) is 0.385. The van der Waals surface area contributed by atoms with Gasteiger partial charge >= 0.3 is 6.09 Å². The van der Waals surface area contributed by atoms with Crippen molar-refractivity contribution in [2.75, 3.05) is 68.0 Å². The molecule has 242 valence electrons. The fourth-order valence-electron chi connectivity index (χ4n) is 5.82. The van der Waals surface area contributed by atoms with Gasteiger partial charge in [0, 0.05) is 49.7 Å². The molecule has 2 N–H and O–H groups in total. The number of amides is 1. The summed E-state index contributed by atoms with van der Waals surface area (Å²) < 4.78 is 25.8. The van der Waals surface area contributed by atoms with E-state index in [4.69, 9.17) is 9.47 Å². The van der Waals surface area contributed by atoms with Crippen molar-refractivity contribution in [3.05, 3.63) is 54.4 Å². The lowest BCUT2D eigenvalue weighted by Crippen LogP contribution is -2.56. The number of hydrogen-bond donors (Lipinski definition) is 2. The molecule has 46 heavy (non-hydrogen) atoms. The Balaban J connectivity index is 1.06. The molecule has 2 atom stereocenters. The van der Waals surface area contributed by atoms with Gasteiger partial charge in [0.15, 0.2) is 5.82 Å². The predicted octanol–water partition coefficient (Wildman–Crippen LogP) is 4.43. The molecule has 3 saturated heterocycles. The molecule has 0 saturated carbocycles. The van der Waals surface area contributed by atoms with Crippen LogP contribution in [0.5, 0.6) is 0 Å². The number of alkyl halides is 1. The number of aromatic nitrogens is 3. The largest absolute Gasteiger partial charge is 0.444 e. The molecule has 3 aromatic rings. The zero-order chi connectivity index (χ0) is 32.3. The first-order valence-electron chi connectivity index (χ1n) is 15.7. The van der Waals surface area contributed by atoms with Crippen LogP contribution in [0.3, 0.4) is 0 Å². The van der Waals surface area contributed by atoms with Gasteiger partial charge in [-0.1, -0.05) is 0 Å². The van der Waals surface area contributed by atoms with E-state index in [1.807, 2.05) is 12.1 Å². The van der Waals surface area contributed by atoms with Gasteiger partial charge in [-0.15, -0.1) is 0 Å². The minimum atomic E-state index is -1.32. The van der Waals surface area contributed by atoms with Crippen molar-refractivity contribution in [1.82, 2.24) is 24.8 Å². The number of carbonyl (C=O) groups is 1. The fraction of sp³-hybridized carbons (Fsp3) is 0.485. The Hall–Kier alpha value is -4.54. The van der Waals surface area contributed by atoms with Gasteiger partial charge in [0.1, 0.15) is 24.2 Å². The number of piperidine rings is 1. The van der Waals surface area contributed by atoms with Gasteiger partial charge in [-0.2, -0.15) is 10.2 Å². The van der Waals surface area contributed by atoms with E-state index in [1.54, 1.807) is 39.0 Å². The molecule has 3 aliphatic heterocycles. The highest BCUT2D eigenvalue weighted by molar-refractivity contribution is 5.70. The van der Waals surface area contributed by atoms with E-state index in [2.05, 4.69) is 53.6 Å². The standard InChI is InChI=1S/C33H40FN9O3/c1-33(2,3)46-32(44)43-11-10-29(27(34)18-43)39-28-9-4-22(16-23(28)17-35)30-36-21-37-31(40-30)38-24-5-7-25(8-6-24)41-12-14-42(15-13-41)26-19-45-20-26/h4-9,16,21,26-27,29,39H,10-15,18-20H2,1-3H3,(H,36,37,38,40). The van der Waals surface area contributed by atoms with E-state index in [1.165, 1.54) is 16.9 Å². The van der Waals surface area contributed by atoms with Crippen molar-refractivity contribution in [2.45, 2.75) is 51.0 Å². The third-order valence-electron chi connectivity index (χ3n) is 8.44. The number of ether oxygens (including phenoxy) is 2. The summed E-state index contributed by atoms with van der Waals surface area (Å²) in [6.45, 7) is 11.4. The number of rotatable bonds is 7. The van der Waals surface area contributed by atoms with Crippen LogP contribution in [0.2, 0.25) is 0 Å². The third-order valence-corrected chi connectivity index (χ3v) is 8.44. The molecule has 1 amide bonds. The second-order valence-electron chi connectivity index (χ2n) is 12.9. The third kappa shape index (κ3) is 7.46. The highest BCUT2D eigenvalue weighted by atomic mass is 19.1. The lowest BCUT2D eigenvalue weighted by Gasteiger charge is -2.43. The van der Waals surface area contributed by atoms with E-state index in [9.17, 15) is 10.1 Å². The molecule has 3 fully saturated rings. The predicted molar refractivity (Wildman–Crippen MR) is 173 cm³/mol. The van der Waals surface area contributed by atoms with Crippen LogP contribution >= 0.6 is 0 Å². The van der Waals surface area contributed by atoms with Crippen molar-refractivity contribution < 1.29 is 18.7 Å². The molecule has 0 bridgehead atoms. The number of hydrogen-bond acceptors (Lipinski definition) is 11. The Morgan fingerprint density at radius 3 is 2.48 bits per heavy atom. The van der Waals surface area contributed by atoms with E-state index < -0.39 is 23.9 Å². The second kappa shape index (κ2) is 13.4. The summed E-state index contributed by atoms with van der Waals surface area (Å²) in [6.07, 6.45) is -0.0424. The number of benzene rings is 2. The first kappa shape index (κ1) is 31.4. The van der Waals surface area contributed by atoms with E-state index >= 15 is 4.39 Å². The van der Waals surface area contributed by atoms with Crippen LogP contribution in [0.4, 0.5) is 32.2 Å². The topological polar surface area (TPSA) is 132 Å². The van der Waals surface area contributed by atoms with Crippen molar-refractivity contribution in [3.8, 4) is 17.5 Å². The van der Waals surface area contributed by atoms with Crippen molar-refractivity contribution in [2.24, 2.45) is 0 Å². The maximum absolute atomic E-state index is 15.1. The molecule has 0 spiro atoms. The Kier molecular flexibility index (Phi) is 9.19. The number of nitrogens with zero attached hydrogens (tertiary/aromatic N) is 7. The molecule has 13 heteroatoms. The Labute approximate surface area is 268 Å². The van der Waals surface area contributed by atoms with Crippen LogP contribution in [0, 0.1) is 11.3 Å². The lowest BCUT2D eigenvalue weighted by molar-refractivity contribution is -0.0660. The summed E-state index contributed by atoms with van der Waals surface area (Å²) in [4.78, 5) is 31.8. The molecule has 2 unspecified atom stereocenters. The smallest absolute Gasteiger partial charge is 0.410 e. The minimum absolute atomic E-state index is 0.0799. The van der Waals surface area contributed by atoms with E-state index in [0.717, 1.165) is 45.1 Å². The molecule has 3 aliphatic rings. The SMILES string of the molecule is CC(C)(C)OC(=O)N1CCC(Nc2ccc(-c3ncnc(Nc4ccc(N5CCN(C6COC6)CC5)cc4)n3)cc2C#N)C(F)C1. The molecular formula is C33H40FN9O3.